The third kappa shape index (κ3) is 4.89. The molecule has 0 bridgehead atoms. The van der Waals surface area contributed by atoms with Gasteiger partial charge in [0.1, 0.15) is 11.6 Å². The number of hydrogen-bond acceptors (Lipinski definition) is 3. The molecule has 2 aromatic carbocycles. The lowest BCUT2D eigenvalue weighted by atomic mass is 10.1. The molecule has 0 spiro atoms. The molecule has 0 unspecified atom stereocenters. The SMILES string of the molecule is Cc1ccc(Cn2nccc2NC(=O)[C@H](C)Oc2ccc(Cl)c(C)c2)cc1. The largest absolute Gasteiger partial charge is 0.481 e. The zero-order valence-electron chi connectivity index (χ0n) is 15.6. The van der Waals surface area contributed by atoms with Crippen LogP contribution >= 0.6 is 11.6 Å². The van der Waals surface area contributed by atoms with Crippen molar-refractivity contribution in [3.05, 3.63) is 76.4 Å². The third-order valence-electron chi connectivity index (χ3n) is 4.23. The van der Waals surface area contributed by atoms with Crippen LogP contribution in [0.4, 0.5) is 5.82 Å². The Hall–Kier alpha value is -2.79. The number of aromatic nitrogens is 2. The van der Waals surface area contributed by atoms with Gasteiger partial charge in [-0.2, -0.15) is 5.10 Å². The summed E-state index contributed by atoms with van der Waals surface area (Å²) in [5, 5.41) is 7.84. The van der Waals surface area contributed by atoms with Crippen LogP contribution in [0.1, 0.15) is 23.6 Å². The summed E-state index contributed by atoms with van der Waals surface area (Å²) in [7, 11) is 0. The van der Waals surface area contributed by atoms with Gasteiger partial charge in [-0.1, -0.05) is 41.4 Å². The lowest BCUT2D eigenvalue weighted by Crippen LogP contribution is -2.31. The molecule has 1 amide bonds. The number of hydrogen-bond donors (Lipinski definition) is 1. The molecule has 1 N–H and O–H groups in total. The quantitative estimate of drug-likeness (QED) is 0.676. The van der Waals surface area contributed by atoms with Crippen molar-refractivity contribution in [1.29, 1.82) is 0 Å². The summed E-state index contributed by atoms with van der Waals surface area (Å²) in [6.07, 6.45) is 1.01. The Morgan fingerprint density at radius 1 is 1.19 bits per heavy atom. The number of nitrogens with zero attached hydrogens (tertiary/aromatic N) is 2. The van der Waals surface area contributed by atoms with Gasteiger partial charge in [-0.3, -0.25) is 4.79 Å². The Kier molecular flexibility index (Phi) is 5.81. The molecule has 27 heavy (non-hydrogen) atoms. The van der Waals surface area contributed by atoms with E-state index in [4.69, 9.17) is 16.3 Å². The maximum absolute atomic E-state index is 12.5. The molecule has 1 aromatic heterocycles. The summed E-state index contributed by atoms with van der Waals surface area (Å²) in [5.41, 5.74) is 3.22. The van der Waals surface area contributed by atoms with E-state index in [2.05, 4.69) is 34.7 Å². The van der Waals surface area contributed by atoms with Gasteiger partial charge in [0.15, 0.2) is 6.10 Å². The first-order valence-electron chi connectivity index (χ1n) is 8.73. The van der Waals surface area contributed by atoms with E-state index in [1.807, 2.05) is 19.9 Å². The van der Waals surface area contributed by atoms with Gasteiger partial charge in [0, 0.05) is 11.1 Å². The van der Waals surface area contributed by atoms with Crippen LogP contribution in [0.5, 0.6) is 5.75 Å². The van der Waals surface area contributed by atoms with Gasteiger partial charge in [0.25, 0.3) is 5.91 Å². The maximum atomic E-state index is 12.5. The molecule has 3 rings (SSSR count). The molecule has 0 saturated heterocycles. The number of halogens is 1. The number of amides is 1. The van der Waals surface area contributed by atoms with Gasteiger partial charge in [-0.05, 0) is 50.1 Å². The number of ether oxygens (including phenoxy) is 1. The molecule has 0 radical (unpaired) electrons. The molecular formula is C21H22ClN3O2. The minimum atomic E-state index is -0.659. The maximum Gasteiger partial charge on any atom is 0.266 e. The van der Waals surface area contributed by atoms with E-state index in [9.17, 15) is 4.79 Å². The van der Waals surface area contributed by atoms with Crippen LogP contribution in [0.15, 0.2) is 54.7 Å². The Morgan fingerprint density at radius 2 is 1.93 bits per heavy atom. The summed E-state index contributed by atoms with van der Waals surface area (Å²) in [5.74, 6) is 0.990. The number of rotatable bonds is 6. The Labute approximate surface area is 163 Å². The molecule has 0 fully saturated rings. The molecule has 0 aliphatic carbocycles. The summed E-state index contributed by atoms with van der Waals surface area (Å²) in [6.45, 7) is 6.23. The summed E-state index contributed by atoms with van der Waals surface area (Å²) in [6, 6.07) is 15.3. The van der Waals surface area contributed by atoms with Crippen LogP contribution in [0.25, 0.3) is 0 Å². The van der Waals surface area contributed by atoms with E-state index >= 15 is 0 Å². The van der Waals surface area contributed by atoms with E-state index in [1.165, 1.54) is 5.56 Å². The lowest BCUT2D eigenvalue weighted by molar-refractivity contribution is -0.122. The second-order valence-corrected chi connectivity index (χ2v) is 6.93. The summed E-state index contributed by atoms with van der Waals surface area (Å²) >= 11 is 6.02. The van der Waals surface area contributed by atoms with Gasteiger partial charge in [0.05, 0.1) is 12.7 Å². The van der Waals surface area contributed by atoms with Crippen LogP contribution < -0.4 is 10.1 Å². The highest BCUT2D eigenvalue weighted by molar-refractivity contribution is 6.31. The lowest BCUT2D eigenvalue weighted by Gasteiger charge is -2.16. The van der Waals surface area contributed by atoms with Crippen molar-refractivity contribution in [2.45, 2.75) is 33.4 Å². The Bertz CT molecular complexity index is 935. The van der Waals surface area contributed by atoms with Crippen molar-refractivity contribution in [3.8, 4) is 5.75 Å². The molecule has 140 valence electrons. The topological polar surface area (TPSA) is 56.2 Å². The molecule has 6 heteroatoms. The fraction of sp³-hybridized carbons (Fsp3) is 0.238. The molecule has 5 nitrogen and oxygen atoms in total. The number of anilines is 1. The minimum absolute atomic E-state index is 0.242. The Balaban J connectivity index is 1.64. The van der Waals surface area contributed by atoms with E-state index in [1.54, 1.807) is 36.0 Å². The second-order valence-electron chi connectivity index (χ2n) is 6.52. The predicted octanol–water partition coefficient (Wildman–Crippen LogP) is 4.61. The van der Waals surface area contributed by atoms with Crippen LogP contribution in [0.2, 0.25) is 5.02 Å². The fourth-order valence-corrected chi connectivity index (χ4v) is 2.72. The predicted molar refractivity (Wildman–Crippen MR) is 107 cm³/mol. The number of benzene rings is 2. The summed E-state index contributed by atoms with van der Waals surface area (Å²) in [4.78, 5) is 12.5. The smallest absolute Gasteiger partial charge is 0.266 e. The standard InChI is InChI=1S/C21H22ClN3O2/c1-14-4-6-17(7-5-14)13-25-20(10-11-23-25)24-21(26)16(3)27-18-8-9-19(22)15(2)12-18/h4-12,16H,13H2,1-3H3,(H,24,26)/t16-/m0/s1. The highest BCUT2D eigenvalue weighted by Gasteiger charge is 2.17. The number of carbonyl (C=O) groups excluding carboxylic acids is 1. The van der Waals surface area contributed by atoms with Crippen molar-refractivity contribution in [2.75, 3.05) is 5.32 Å². The van der Waals surface area contributed by atoms with Gasteiger partial charge in [-0.25, -0.2) is 4.68 Å². The van der Waals surface area contributed by atoms with Crippen molar-refractivity contribution in [1.82, 2.24) is 9.78 Å². The van der Waals surface area contributed by atoms with Crippen LogP contribution in [-0.2, 0) is 11.3 Å². The molecule has 0 aliphatic rings. The third-order valence-corrected chi connectivity index (χ3v) is 4.66. The van der Waals surface area contributed by atoms with E-state index in [0.717, 1.165) is 11.1 Å². The van der Waals surface area contributed by atoms with Gasteiger partial charge in [0.2, 0.25) is 0 Å². The number of carbonyl (C=O) groups is 1. The highest BCUT2D eigenvalue weighted by Crippen LogP contribution is 2.22. The fourth-order valence-electron chi connectivity index (χ4n) is 2.61. The molecule has 1 atom stereocenters. The van der Waals surface area contributed by atoms with E-state index < -0.39 is 6.10 Å². The zero-order valence-corrected chi connectivity index (χ0v) is 16.3. The van der Waals surface area contributed by atoms with Crippen molar-refractivity contribution in [2.24, 2.45) is 0 Å². The van der Waals surface area contributed by atoms with E-state index in [-0.39, 0.29) is 5.91 Å². The normalized spacial score (nSPS) is 11.9. The van der Waals surface area contributed by atoms with E-state index in [0.29, 0.717) is 23.1 Å². The Morgan fingerprint density at radius 3 is 2.63 bits per heavy atom. The van der Waals surface area contributed by atoms with Crippen molar-refractivity contribution in [3.63, 3.8) is 0 Å². The van der Waals surface area contributed by atoms with Gasteiger partial charge < -0.3 is 10.1 Å². The molecule has 3 aromatic rings. The first kappa shape index (κ1) is 19.0. The van der Waals surface area contributed by atoms with Crippen LogP contribution in [-0.4, -0.2) is 21.8 Å². The molecular weight excluding hydrogens is 362 g/mol. The zero-order chi connectivity index (χ0) is 19.4. The average molecular weight is 384 g/mol. The molecule has 0 saturated carbocycles. The van der Waals surface area contributed by atoms with Crippen molar-refractivity contribution >= 4 is 23.3 Å². The van der Waals surface area contributed by atoms with Gasteiger partial charge in [-0.15, -0.1) is 0 Å². The number of nitrogens with one attached hydrogen (secondary N) is 1. The minimum Gasteiger partial charge on any atom is -0.481 e. The van der Waals surface area contributed by atoms with Gasteiger partial charge >= 0.3 is 0 Å². The van der Waals surface area contributed by atoms with Crippen LogP contribution in [0, 0.1) is 13.8 Å². The summed E-state index contributed by atoms with van der Waals surface area (Å²) < 4.78 is 7.48. The first-order chi connectivity index (χ1) is 12.9. The molecule has 0 aliphatic heterocycles. The van der Waals surface area contributed by atoms with Crippen LogP contribution in [0.3, 0.4) is 0 Å². The monoisotopic (exact) mass is 383 g/mol. The van der Waals surface area contributed by atoms with Crippen molar-refractivity contribution < 1.29 is 9.53 Å². The molecule has 1 heterocycles. The number of aryl methyl sites for hydroxylation is 2. The average Bonchev–Trinajstić information content (AvgIpc) is 3.07. The first-order valence-corrected chi connectivity index (χ1v) is 9.11. The highest BCUT2D eigenvalue weighted by atomic mass is 35.5. The second kappa shape index (κ2) is 8.27.